The molecule has 104 valence electrons. The summed E-state index contributed by atoms with van der Waals surface area (Å²) in [7, 11) is 0. The predicted octanol–water partition coefficient (Wildman–Crippen LogP) is 1.28. The van der Waals surface area contributed by atoms with Gasteiger partial charge in [-0.15, -0.1) is 17.9 Å². The molecule has 7 heteroatoms. The van der Waals surface area contributed by atoms with Gasteiger partial charge in [-0.05, 0) is 6.92 Å². The summed E-state index contributed by atoms with van der Waals surface area (Å²) in [5.74, 6) is -1.05. The lowest BCUT2D eigenvalue weighted by Crippen LogP contribution is -2.43. The molecule has 0 fully saturated rings. The number of carboxylic acid groups (broad SMARTS) is 1. The SMILES string of the molecule is C=CCN(CC(=O)O)C(=O)NCCc1nc(C)cs1. The van der Waals surface area contributed by atoms with Crippen molar-refractivity contribution in [2.45, 2.75) is 13.3 Å². The summed E-state index contributed by atoms with van der Waals surface area (Å²) in [5.41, 5.74) is 0.963. The summed E-state index contributed by atoms with van der Waals surface area (Å²) in [6, 6.07) is -0.407. The molecule has 0 aliphatic rings. The Balaban J connectivity index is 2.39. The lowest BCUT2D eigenvalue weighted by atomic mass is 10.4. The van der Waals surface area contributed by atoms with E-state index >= 15 is 0 Å². The van der Waals surface area contributed by atoms with E-state index in [1.165, 1.54) is 11.0 Å². The summed E-state index contributed by atoms with van der Waals surface area (Å²) in [6.07, 6.45) is 2.13. The van der Waals surface area contributed by atoms with Crippen LogP contribution in [0, 0.1) is 6.92 Å². The molecular weight excluding hydrogens is 266 g/mol. The monoisotopic (exact) mass is 283 g/mol. The van der Waals surface area contributed by atoms with Crippen LogP contribution in [0.4, 0.5) is 4.79 Å². The first-order valence-corrected chi connectivity index (χ1v) is 6.67. The van der Waals surface area contributed by atoms with Crippen LogP contribution in [0.3, 0.4) is 0 Å². The van der Waals surface area contributed by atoms with E-state index in [0.29, 0.717) is 13.0 Å². The number of carbonyl (C=O) groups is 2. The number of thiazole rings is 1. The van der Waals surface area contributed by atoms with E-state index in [-0.39, 0.29) is 13.1 Å². The minimum Gasteiger partial charge on any atom is -0.480 e. The molecule has 0 saturated heterocycles. The van der Waals surface area contributed by atoms with Gasteiger partial charge >= 0.3 is 12.0 Å². The number of hydrogen-bond donors (Lipinski definition) is 2. The van der Waals surface area contributed by atoms with Gasteiger partial charge in [0.05, 0.1) is 5.01 Å². The summed E-state index contributed by atoms with van der Waals surface area (Å²) in [5, 5.41) is 14.3. The van der Waals surface area contributed by atoms with Gasteiger partial charge in [-0.25, -0.2) is 9.78 Å². The van der Waals surface area contributed by atoms with Crippen LogP contribution in [-0.4, -0.2) is 46.6 Å². The summed E-state index contributed by atoms with van der Waals surface area (Å²) in [6.45, 7) is 5.71. The van der Waals surface area contributed by atoms with Crippen LogP contribution in [0.1, 0.15) is 10.7 Å². The molecule has 0 aromatic carbocycles. The zero-order chi connectivity index (χ0) is 14.3. The van der Waals surface area contributed by atoms with Crippen molar-refractivity contribution in [2.75, 3.05) is 19.6 Å². The molecule has 6 nitrogen and oxygen atoms in total. The van der Waals surface area contributed by atoms with Gasteiger partial charge in [0, 0.05) is 30.6 Å². The van der Waals surface area contributed by atoms with Crippen molar-refractivity contribution in [3.05, 3.63) is 28.7 Å². The molecule has 1 rings (SSSR count). The number of hydrogen-bond acceptors (Lipinski definition) is 4. The Labute approximate surface area is 115 Å². The first kappa shape index (κ1) is 15.2. The number of aryl methyl sites for hydroxylation is 1. The second kappa shape index (κ2) is 7.52. The Bertz CT molecular complexity index is 459. The van der Waals surface area contributed by atoms with Crippen molar-refractivity contribution in [1.82, 2.24) is 15.2 Å². The maximum atomic E-state index is 11.8. The normalized spacial score (nSPS) is 9.95. The number of aromatic nitrogens is 1. The van der Waals surface area contributed by atoms with Crippen molar-refractivity contribution in [3.63, 3.8) is 0 Å². The van der Waals surface area contributed by atoms with Crippen molar-refractivity contribution in [2.24, 2.45) is 0 Å². The number of carbonyl (C=O) groups excluding carboxylic acids is 1. The average Bonchev–Trinajstić information content (AvgIpc) is 2.74. The quantitative estimate of drug-likeness (QED) is 0.738. The predicted molar refractivity (Wildman–Crippen MR) is 73.4 cm³/mol. The molecule has 0 aliphatic heterocycles. The van der Waals surface area contributed by atoms with Crippen LogP contribution in [0.2, 0.25) is 0 Å². The van der Waals surface area contributed by atoms with E-state index in [1.54, 1.807) is 11.3 Å². The molecule has 19 heavy (non-hydrogen) atoms. The third-order valence-electron chi connectivity index (χ3n) is 2.24. The van der Waals surface area contributed by atoms with Crippen LogP contribution in [0.15, 0.2) is 18.0 Å². The van der Waals surface area contributed by atoms with Crippen LogP contribution in [-0.2, 0) is 11.2 Å². The van der Waals surface area contributed by atoms with Crippen LogP contribution >= 0.6 is 11.3 Å². The first-order valence-electron chi connectivity index (χ1n) is 5.79. The van der Waals surface area contributed by atoms with E-state index < -0.39 is 12.0 Å². The number of amides is 2. The molecule has 0 unspecified atom stereocenters. The highest BCUT2D eigenvalue weighted by atomic mass is 32.1. The molecule has 1 aromatic rings. The van der Waals surface area contributed by atoms with Crippen molar-refractivity contribution in [1.29, 1.82) is 0 Å². The molecule has 2 N–H and O–H groups in total. The van der Waals surface area contributed by atoms with Gasteiger partial charge < -0.3 is 15.3 Å². The van der Waals surface area contributed by atoms with E-state index in [9.17, 15) is 9.59 Å². The van der Waals surface area contributed by atoms with Crippen LogP contribution in [0.25, 0.3) is 0 Å². The molecule has 1 aromatic heterocycles. The third-order valence-corrected chi connectivity index (χ3v) is 3.27. The van der Waals surface area contributed by atoms with Gasteiger partial charge in [-0.1, -0.05) is 6.08 Å². The molecule has 1 heterocycles. The Kier molecular flexibility index (Phi) is 6.01. The Morgan fingerprint density at radius 3 is 2.89 bits per heavy atom. The number of aliphatic carboxylic acids is 1. The van der Waals surface area contributed by atoms with Gasteiger partial charge in [0.25, 0.3) is 0 Å². The van der Waals surface area contributed by atoms with Gasteiger partial charge in [-0.3, -0.25) is 4.79 Å². The standard InChI is InChI=1S/C12H17N3O3S/c1-3-6-15(7-11(16)17)12(18)13-5-4-10-14-9(2)8-19-10/h3,8H,1,4-7H2,2H3,(H,13,18)(H,16,17). The van der Waals surface area contributed by atoms with E-state index in [1.807, 2.05) is 12.3 Å². The first-order chi connectivity index (χ1) is 9.02. The van der Waals surface area contributed by atoms with E-state index in [4.69, 9.17) is 5.11 Å². The second-order valence-electron chi connectivity index (χ2n) is 3.93. The van der Waals surface area contributed by atoms with Crippen molar-refractivity contribution >= 4 is 23.3 Å². The lowest BCUT2D eigenvalue weighted by molar-refractivity contribution is -0.137. The number of rotatable bonds is 7. The maximum Gasteiger partial charge on any atom is 0.323 e. The Morgan fingerprint density at radius 2 is 2.37 bits per heavy atom. The summed E-state index contributed by atoms with van der Waals surface area (Å²) >= 11 is 1.54. The Morgan fingerprint density at radius 1 is 1.63 bits per heavy atom. The molecule has 0 saturated carbocycles. The molecule has 2 amide bonds. The van der Waals surface area contributed by atoms with Crippen molar-refractivity contribution < 1.29 is 14.7 Å². The number of urea groups is 1. The van der Waals surface area contributed by atoms with E-state index in [2.05, 4.69) is 16.9 Å². The Hall–Kier alpha value is -1.89. The minimum absolute atomic E-state index is 0.203. The zero-order valence-electron chi connectivity index (χ0n) is 10.8. The minimum atomic E-state index is -1.05. The number of nitrogens with one attached hydrogen (secondary N) is 1. The molecule has 0 radical (unpaired) electrons. The average molecular weight is 283 g/mol. The lowest BCUT2D eigenvalue weighted by Gasteiger charge is -2.19. The van der Waals surface area contributed by atoms with Gasteiger partial charge in [0.1, 0.15) is 6.54 Å². The third kappa shape index (κ3) is 5.52. The van der Waals surface area contributed by atoms with Gasteiger partial charge in [-0.2, -0.15) is 0 Å². The largest absolute Gasteiger partial charge is 0.480 e. The fourth-order valence-corrected chi connectivity index (χ4v) is 2.22. The fourth-order valence-electron chi connectivity index (χ4n) is 1.44. The maximum absolute atomic E-state index is 11.8. The fraction of sp³-hybridized carbons (Fsp3) is 0.417. The smallest absolute Gasteiger partial charge is 0.323 e. The van der Waals surface area contributed by atoms with E-state index in [0.717, 1.165) is 10.7 Å². The van der Waals surface area contributed by atoms with Crippen LogP contribution in [0.5, 0.6) is 0 Å². The second-order valence-corrected chi connectivity index (χ2v) is 4.87. The molecular formula is C12H17N3O3S. The summed E-state index contributed by atoms with van der Waals surface area (Å²) < 4.78 is 0. The number of carboxylic acids is 1. The highest BCUT2D eigenvalue weighted by Crippen LogP contribution is 2.08. The molecule has 0 aliphatic carbocycles. The van der Waals surface area contributed by atoms with Crippen molar-refractivity contribution in [3.8, 4) is 0 Å². The number of nitrogens with zero attached hydrogens (tertiary/aromatic N) is 2. The van der Waals surface area contributed by atoms with Gasteiger partial charge in [0.15, 0.2) is 0 Å². The zero-order valence-corrected chi connectivity index (χ0v) is 11.6. The topological polar surface area (TPSA) is 82.5 Å². The molecule has 0 bridgehead atoms. The van der Waals surface area contributed by atoms with Gasteiger partial charge in [0.2, 0.25) is 0 Å². The molecule has 0 atom stereocenters. The summed E-state index contributed by atoms with van der Waals surface area (Å²) in [4.78, 5) is 27.8. The van der Waals surface area contributed by atoms with Crippen LogP contribution < -0.4 is 5.32 Å². The molecule has 0 spiro atoms. The highest BCUT2D eigenvalue weighted by Gasteiger charge is 2.14. The highest BCUT2D eigenvalue weighted by molar-refractivity contribution is 7.09.